The van der Waals surface area contributed by atoms with E-state index in [1.807, 2.05) is 6.92 Å². The highest BCUT2D eigenvalue weighted by molar-refractivity contribution is 8.47. The summed E-state index contributed by atoms with van der Waals surface area (Å²) in [6.45, 7) is 2.41. The zero-order valence-electron chi connectivity index (χ0n) is 8.89. The van der Waals surface area contributed by atoms with Crippen molar-refractivity contribution in [2.45, 2.75) is 13.3 Å². The standard InChI is InChI=1S/C9H22O2S/c1-6-9(10)11-7-8-12(2,3,4)5/h12H,6-8H2,1-5H3. The molecule has 0 unspecified atom stereocenters. The van der Waals surface area contributed by atoms with Crippen molar-refractivity contribution >= 4 is 15.1 Å². The first-order valence-corrected chi connectivity index (χ1v) is 8.57. The first-order chi connectivity index (χ1) is 5.21. The fourth-order valence-corrected chi connectivity index (χ4v) is 1.45. The van der Waals surface area contributed by atoms with Gasteiger partial charge in [0.05, 0.1) is 6.61 Å². The highest BCUT2D eigenvalue weighted by atomic mass is 32.3. The predicted octanol–water partition coefficient (Wildman–Crippen LogP) is 1.53. The summed E-state index contributed by atoms with van der Waals surface area (Å²) in [6, 6.07) is 0. The molecule has 0 heterocycles. The summed E-state index contributed by atoms with van der Waals surface area (Å²) in [7, 11) is -1.47. The molecule has 76 valence electrons. The molecule has 0 aromatic heterocycles. The van der Waals surface area contributed by atoms with Crippen LogP contribution in [-0.4, -0.2) is 43.4 Å². The van der Waals surface area contributed by atoms with Crippen LogP contribution in [0.25, 0.3) is 0 Å². The number of thiol groups is 1. The predicted molar refractivity (Wildman–Crippen MR) is 58.8 cm³/mol. The number of hydrogen-bond donors (Lipinski definition) is 1. The van der Waals surface area contributed by atoms with Crippen LogP contribution in [0.5, 0.6) is 0 Å². The summed E-state index contributed by atoms with van der Waals surface area (Å²) >= 11 is 0. The third-order valence-electron chi connectivity index (χ3n) is 1.54. The minimum absolute atomic E-state index is 0.0876. The number of carbonyl (C=O) groups excluding carboxylic acids is 1. The van der Waals surface area contributed by atoms with Crippen molar-refractivity contribution in [1.82, 2.24) is 0 Å². The molecule has 0 aliphatic heterocycles. The molecule has 0 saturated carbocycles. The normalized spacial score (nSPS) is 14.9. The molecule has 2 nitrogen and oxygen atoms in total. The second-order valence-corrected chi connectivity index (χ2v) is 13.6. The number of rotatable bonds is 4. The van der Waals surface area contributed by atoms with Crippen molar-refractivity contribution in [2.75, 3.05) is 37.4 Å². The first kappa shape index (κ1) is 11.8. The van der Waals surface area contributed by atoms with Gasteiger partial charge in [-0.05, 0) is 30.8 Å². The molecule has 12 heavy (non-hydrogen) atoms. The Morgan fingerprint density at radius 1 is 1.25 bits per heavy atom. The van der Waals surface area contributed by atoms with Crippen molar-refractivity contribution in [3.8, 4) is 0 Å². The second kappa shape index (κ2) is 3.69. The van der Waals surface area contributed by atoms with E-state index in [1.54, 1.807) is 0 Å². The Morgan fingerprint density at radius 3 is 2.08 bits per heavy atom. The molecule has 0 spiro atoms. The number of ether oxygens (including phenoxy) is 1. The Balaban J connectivity index is 3.65. The lowest BCUT2D eigenvalue weighted by Crippen LogP contribution is -2.20. The fraction of sp³-hybridized carbons (Fsp3) is 0.889. The molecule has 0 fully saturated rings. The van der Waals surface area contributed by atoms with E-state index >= 15 is 0 Å². The third kappa shape index (κ3) is 7.92. The highest BCUT2D eigenvalue weighted by Gasteiger charge is 2.18. The SMILES string of the molecule is CCC(=O)OCC[SH](C)(C)(C)C. The highest BCUT2D eigenvalue weighted by Crippen LogP contribution is 2.54. The smallest absolute Gasteiger partial charge is 0.305 e. The van der Waals surface area contributed by atoms with Crippen LogP contribution in [0.2, 0.25) is 0 Å². The zero-order valence-corrected chi connectivity index (χ0v) is 9.78. The van der Waals surface area contributed by atoms with E-state index < -0.39 is 9.16 Å². The fourth-order valence-electron chi connectivity index (χ4n) is 0.627. The van der Waals surface area contributed by atoms with Gasteiger partial charge in [-0.3, -0.25) is 14.0 Å². The molecule has 0 aliphatic rings. The van der Waals surface area contributed by atoms with Gasteiger partial charge in [-0.25, -0.2) is 0 Å². The van der Waals surface area contributed by atoms with Crippen molar-refractivity contribution in [2.24, 2.45) is 0 Å². The first-order valence-electron chi connectivity index (χ1n) is 4.36. The van der Waals surface area contributed by atoms with Gasteiger partial charge in [0.25, 0.3) is 0 Å². The molecule has 0 saturated heterocycles. The molecular formula is C9H22O2S. The Kier molecular flexibility index (Phi) is 3.63. The van der Waals surface area contributed by atoms with Crippen LogP contribution < -0.4 is 0 Å². The Labute approximate surface area is 76.0 Å². The van der Waals surface area contributed by atoms with Gasteiger partial charge in [0.15, 0.2) is 0 Å². The number of carbonyl (C=O) groups is 1. The Bertz CT molecular complexity index is 158. The number of esters is 1. The minimum atomic E-state index is -1.47. The van der Waals surface area contributed by atoms with Gasteiger partial charge in [-0.15, -0.1) is 0 Å². The van der Waals surface area contributed by atoms with Crippen LogP contribution in [0.4, 0.5) is 0 Å². The summed E-state index contributed by atoms with van der Waals surface area (Å²) < 4.78 is 5.03. The molecular weight excluding hydrogens is 172 g/mol. The molecule has 0 radical (unpaired) electrons. The summed E-state index contributed by atoms with van der Waals surface area (Å²) in [5, 5.41) is 0. The maximum absolute atomic E-state index is 10.8. The van der Waals surface area contributed by atoms with Crippen LogP contribution in [0.15, 0.2) is 0 Å². The minimum Gasteiger partial charge on any atom is -0.465 e. The van der Waals surface area contributed by atoms with E-state index in [-0.39, 0.29) is 5.97 Å². The van der Waals surface area contributed by atoms with Crippen molar-refractivity contribution in [3.63, 3.8) is 0 Å². The van der Waals surface area contributed by atoms with E-state index in [1.165, 1.54) is 0 Å². The van der Waals surface area contributed by atoms with Crippen molar-refractivity contribution < 1.29 is 9.53 Å². The van der Waals surface area contributed by atoms with E-state index in [2.05, 4.69) is 25.0 Å². The number of hydrogen-bond acceptors (Lipinski definition) is 2. The van der Waals surface area contributed by atoms with E-state index in [0.717, 1.165) is 5.75 Å². The van der Waals surface area contributed by atoms with Crippen LogP contribution >= 0.6 is 9.16 Å². The molecule has 0 aromatic carbocycles. The Hall–Kier alpha value is -0.180. The topological polar surface area (TPSA) is 26.3 Å². The summed E-state index contributed by atoms with van der Waals surface area (Å²) in [4.78, 5) is 10.8. The monoisotopic (exact) mass is 194 g/mol. The van der Waals surface area contributed by atoms with Crippen LogP contribution in [0.3, 0.4) is 0 Å². The average molecular weight is 194 g/mol. The molecule has 0 bridgehead atoms. The van der Waals surface area contributed by atoms with E-state index in [9.17, 15) is 4.79 Å². The lowest BCUT2D eigenvalue weighted by molar-refractivity contribution is -0.142. The maximum Gasteiger partial charge on any atom is 0.305 e. The van der Waals surface area contributed by atoms with Gasteiger partial charge >= 0.3 is 5.97 Å². The lowest BCUT2D eigenvalue weighted by Gasteiger charge is -2.46. The van der Waals surface area contributed by atoms with Gasteiger partial charge in [0.2, 0.25) is 0 Å². The van der Waals surface area contributed by atoms with Gasteiger partial charge in [-0.1, -0.05) is 6.92 Å². The molecule has 3 heteroatoms. The lowest BCUT2D eigenvalue weighted by atomic mass is 10.5. The summed E-state index contributed by atoms with van der Waals surface area (Å²) in [6.07, 6.45) is 9.62. The van der Waals surface area contributed by atoms with Crippen LogP contribution in [-0.2, 0) is 9.53 Å². The molecule has 0 atom stereocenters. The molecule has 0 rings (SSSR count). The zero-order chi connectivity index (χ0) is 9.85. The molecule has 0 aromatic rings. The van der Waals surface area contributed by atoms with Gasteiger partial charge in [0.1, 0.15) is 0 Å². The van der Waals surface area contributed by atoms with Crippen molar-refractivity contribution in [1.29, 1.82) is 0 Å². The van der Waals surface area contributed by atoms with Crippen LogP contribution in [0, 0.1) is 0 Å². The van der Waals surface area contributed by atoms with E-state index in [4.69, 9.17) is 4.74 Å². The largest absolute Gasteiger partial charge is 0.465 e. The Morgan fingerprint density at radius 2 is 1.75 bits per heavy atom. The quantitative estimate of drug-likeness (QED) is 0.542. The third-order valence-corrected chi connectivity index (χ3v) is 3.51. The molecule has 0 N–H and O–H groups in total. The summed E-state index contributed by atoms with van der Waals surface area (Å²) in [5.74, 6) is 0.938. The maximum atomic E-state index is 10.8. The van der Waals surface area contributed by atoms with Gasteiger partial charge < -0.3 is 4.74 Å². The van der Waals surface area contributed by atoms with Crippen molar-refractivity contribution in [3.05, 3.63) is 0 Å². The average Bonchev–Trinajstić information content (AvgIpc) is 1.83. The second-order valence-electron chi connectivity index (χ2n) is 5.25. The van der Waals surface area contributed by atoms with Crippen LogP contribution in [0.1, 0.15) is 13.3 Å². The summed E-state index contributed by atoms with van der Waals surface area (Å²) in [5.41, 5.74) is 0. The molecule has 0 amide bonds. The molecule has 0 aliphatic carbocycles. The van der Waals surface area contributed by atoms with Gasteiger partial charge in [0, 0.05) is 6.42 Å². The van der Waals surface area contributed by atoms with E-state index in [0.29, 0.717) is 13.0 Å². The van der Waals surface area contributed by atoms with Gasteiger partial charge in [-0.2, -0.15) is 0 Å².